The van der Waals surface area contributed by atoms with Gasteiger partial charge in [0.05, 0.1) is 23.9 Å². The van der Waals surface area contributed by atoms with Crippen LogP contribution >= 0.6 is 0 Å². The van der Waals surface area contributed by atoms with E-state index in [9.17, 15) is 0 Å². The van der Waals surface area contributed by atoms with Crippen molar-refractivity contribution in [3.8, 4) is 0 Å². The van der Waals surface area contributed by atoms with E-state index in [0.717, 1.165) is 19.4 Å². The van der Waals surface area contributed by atoms with E-state index in [-0.39, 0.29) is 17.3 Å². The van der Waals surface area contributed by atoms with Gasteiger partial charge < -0.3 is 9.47 Å². The molecule has 0 aromatic rings. The predicted molar refractivity (Wildman–Crippen MR) is 74.4 cm³/mol. The molecule has 0 aliphatic rings. The van der Waals surface area contributed by atoms with Crippen LogP contribution in [0.4, 0.5) is 0 Å². The average molecular weight is 244 g/mol. The maximum atomic E-state index is 5.98. The first kappa shape index (κ1) is 16.9. The summed E-state index contributed by atoms with van der Waals surface area (Å²) in [5, 5.41) is 0. The zero-order chi connectivity index (χ0) is 13.7. The molecule has 0 saturated heterocycles. The van der Waals surface area contributed by atoms with Crippen LogP contribution in [-0.2, 0) is 9.47 Å². The second kappa shape index (κ2) is 6.75. The van der Waals surface area contributed by atoms with Crippen molar-refractivity contribution in [1.29, 1.82) is 0 Å². The van der Waals surface area contributed by atoms with Crippen molar-refractivity contribution in [1.82, 2.24) is 0 Å². The van der Waals surface area contributed by atoms with Crippen molar-refractivity contribution in [2.45, 2.75) is 85.5 Å². The molecule has 2 nitrogen and oxygen atoms in total. The minimum Gasteiger partial charge on any atom is -0.375 e. The number of rotatable bonds is 8. The van der Waals surface area contributed by atoms with Crippen LogP contribution in [0.1, 0.15) is 68.2 Å². The van der Waals surface area contributed by atoms with E-state index >= 15 is 0 Å². The molecule has 0 spiro atoms. The Morgan fingerprint density at radius 2 is 1.41 bits per heavy atom. The molecule has 0 aromatic carbocycles. The fourth-order valence-electron chi connectivity index (χ4n) is 2.31. The third-order valence-electron chi connectivity index (χ3n) is 2.65. The molecule has 0 aromatic heterocycles. The molecule has 0 heterocycles. The van der Waals surface area contributed by atoms with Crippen molar-refractivity contribution in [3.63, 3.8) is 0 Å². The molecule has 0 rings (SSSR count). The molecule has 0 radical (unpaired) electrons. The maximum Gasteiger partial charge on any atom is 0.0651 e. The van der Waals surface area contributed by atoms with Gasteiger partial charge in [0, 0.05) is 0 Å². The lowest BCUT2D eigenvalue weighted by molar-refractivity contribution is -0.0950. The third-order valence-corrected chi connectivity index (χ3v) is 2.65. The second-order valence-corrected chi connectivity index (χ2v) is 6.88. The van der Waals surface area contributed by atoms with Crippen LogP contribution in [0.5, 0.6) is 0 Å². The molecule has 0 aliphatic heterocycles. The average Bonchev–Trinajstić information content (AvgIpc) is 1.96. The highest BCUT2D eigenvalue weighted by molar-refractivity contribution is 4.73. The lowest BCUT2D eigenvalue weighted by atomic mass is 9.96. The summed E-state index contributed by atoms with van der Waals surface area (Å²) >= 11 is 0. The Hall–Kier alpha value is -0.0800. The van der Waals surface area contributed by atoms with Crippen LogP contribution in [0.15, 0.2) is 0 Å². The van der Waals surface area contributed by atoms with Crippen molar-refractivity contribution < 1.29 is 9.47 Å². The lowest BCUT2D eigenvalue weighted by Gasteiger charge is -2.31. The molecule has 17 heavy (non-hydrogen) atoms. The van der Waals surface area contributed by atoms with Gasteiger partial charge in [-0.3, -0.25) is 0 Å². The first-order valence-corrected chi connectivity index (χ1v) is 6.86. The molecule has 0 bridgehead atoms. The first-order chi connectivity index (χ1) is 7.54. The van der Waals surface area contributed by atoms with Gasteiger partial charge >= 0.3 is 0 Å². The quantitative estimate of drug-likeness (QED) is 0.629. The summed E-state index contributed by atoms with van der Waals surface area (Å²) in [5.41, 5.74) is -0.121. The lowest BCUT2D eigenvalue weighted by Crippen LogP contribution is -2.33. The van der Waals surface area contributed by atoms with Crippen molar-refractivity contribution in [2.75, 3.05) is 6.61 Å². The summed E-state index contributed by atoms with van der Waals surface area (Å²) in [6, 6.07) is 0. The molecule has 0 atom stereocenters. The largest absolute Gasteiger partial charge is 0.375 e. The highest BCUT2D eigenvalue weighted by Gasteiger charge is 2.24. The van der Waals surface area contributed by atoms with Gasteiger partial charge in [-0.1, -0.05) is 13.8 Å². The van der Waals surface area contributed by atoms with Gasteiger partial charge in [0.1, 0.15) is 0 Å². The maximum absolute atomic E-state index is 5.98. The van der Waals surface area contributed by atoms with Gasteiger partial charge in [0.25, 0.3) is 0 Å². The predicted octanol–water partition coefficient (Wildman–Crippen LogP) is 4.42. The second-order valence-electron chi connectivity index (χ2n) is 6.88. The summed E-state index contributed by atoms with van der Waals surface area (Å²) in [5.74, 6) is 0.671. The van der Waals surface area contributed by atoms with Gasteiger partial charge in [-0.25, -0.2) is 0 Å². The fourth-order valence-corrected chi connectivity index (χ4v) is 2.31. The fraction of sp³-hybridized carbons (Fsp3) is 1.00. The number of hydrogen-bond acceptors (Lipinski definition) is 2. The van der Waals surface area contributed by atoms with Crippen LogP contribution in [0, 0.1) is 5.92 Å². The van der Waals surface area contributed by atoms with E-state index in [4.69, 9.17) is 9.47 Å². The molecule has 0 aliphatic carbocycles. The molecular weight excluding hydrogens is 212 g/mol. The summed E-state index contributed by atoms with van der Waals surface area (Å²) < 4.78 is 11.8. The number of ether oxygens (including phenoxy) is 2. The van der Waals surface area contributed by atoms with E-state index < -0.39 is 0 Å². The van der Waals surface area contributed by atoms with Crippen molar-refractivity contribution in [3.05, 3.63) is 0 Å². The van der Waals surface area contributed by atoms with Crippen LogP contribution in [0.3, 0.4) is 0 Å². The highest BCUT2D eigenvalue weighted by atomic mass is 16.5. The summed E-state index contributed by atoms with van der Waals surface area (Å²) in [6.45, 7) is 18.0. The standard InChI is InChI=1S/C15H32O2/c1-12(2)11-15(7,8)16-10-9-14(5,6)17-13(3)4/h12-13H,9-11H2,1-8H3. The molecule has 0 amide bonds. The molecule has 0 unspecified atom stereocenters. The SMILES string of the molecule is CC(C)CC(C)(C)OCCC(C)(C)OC(C)C. The Morgan fingerprint density at radius 3 is 1.82 bits per heavy atom. The van der Waals surface area contributed by atoms with E-state index in [2.05, 4.69) is 55.4 Å². The summed E-state index contributed by atoms with van der Waals surface area (Å²) in [6.07, 6.45) is 2.30. The zero-order valence-electron chi connectivity index (χ0n) is 13.1. The molecular formula is C15H32O2. The molecule has 104 valence electrons. The minimum absolute atomic E-state index is 0.0257. The summed E-state index contributed by atoms with van der Waals surface area (Å²) in [7, 11) is 0. The van der Waals surface area contributed by atoms with Crippen molar-refractivity contribution in [2.24, 2.45) is 5.92 Å². The van der Waals surface area contributed by atoms with Crippen LogP contribution in [-0.4, -0.2) is 23.9 Å². The third kappa shape index (κ3) is 9.61. The van der Waals surface area contributed by atoms with Gasteiger partial charge in [-0.2, -0.15) is 0 Å². The topological polar surface area (TPSA) is 18.5 Å². The molecule has 2 heteroatoms. The smallest absolute Gasteiger partial charge is 0.0651 e. The highest BCUT2D eigenvalue weighted by Crippen LogP contribution is 2.23. The van der Waals surface area contributed by atoms with Crippen LogP contribution < -0.4 is 0 Å². The number of hydrogen-bond donors (Lipinski definition) is 0. The Labute approximate surface area is 108 Å². The van der Waals surface area contributed by atoms with Gasteiger partial charge in [0.15, 0.2) is 0 Å². The zero-order valence-corrected chi connectivity index (χ0v) is 13.1. The minimum atomic E-state index is -0.0952. The Morgan fingerprint density at radius 1 is 0.882 bits per heavy atom. The normalized spacial score (nSPS) is 13.8. The Kier molecular flexibility index (Phi) is 6.71. The Balaban J connectivity index is 3.97. The van der Waals surface area contributed by atoms with Gasteiger partial charge in [-0.15, -0.1) is 0 Å². The molecule has 0 saturated carbocycles. The van der Waals surface area contributed by atoms with E-state index in [0.29, 0.717) is 5.92 Å². The van der Waals surface area contributed by atoms with Crippen LogP contribution in [0.2, 0.25) is 0 Å². The van der Waals surface area contributed by atoms with E-state index in [1.54, 1.807) is 0 Å². The monoisotopic (exact) mass is 244 g/mol. The first-order valence-electron chi connectivity index (χ1n) is 6.86. The van der Waals surface area contributed by atoms with Gasteiger partial charge in [0.2, 0.25) is 0 Å². The summed E-state index contributed by atoms with van der Waals surface area (Å²) in [4.78, 5) is 0. The molecule has 0 N–H and O–H groups in total. The van der Waals surface area contributed by atoms with E-state index in [1.165, 1.54) is 0 Å². The molecule has 0 fully saturated rings. The van der Waals surface area contributed by atoms with Crippen molar-refractivity contribution >= 4 is 0 Å². The Bertz CT molecular complexity index is 183. The van der Waals surface area contributed by atoms with Crippen LogP contribution in [0.25, 0.3) is 0 Å². The van der Waals surface area contributed by atoms with E-state index in [1.807, 2.05) is 0 Å². The van der Waals surface area contributed by atoms with Gasteiger partial charge in [-0.05, 0) is 60.3 Å².